The zero-order chi connectivity index (χ0) is 13.7. The van der Waals surface area contributed by atoms with Crippen molar-refractivity contribution in [1.82, 2.24) is 14.7 Å². The molecule has 0 atom stereocenters. The van der Waals surface area contributed by atoms with Gasteiger partial charge < -0.3 is 10.2 Å². The van der Waals surface area contributed by atoms with E-state index in [0.717, 1.165) is 31.9 Å². The van der Waals surface area contributed by atoms with Gasteiger partial charge in [0.15, 0.2) is 0 Å². The number of nitrogens with zero attached hydrogens (tertiary/aromatic N) is 3. The van der Waals surface area contributed by atoms with E-state index in [4.69, 9.17) is 0 Å². The molecule has 0 bridgehead atoms. The first kappa shape index (κ1) is 14.1. The van der Waals surface area contributed by atoms with Crippen LogP contribution >= 0.6 is 0 Å². The van der Waals surface area contributed by atoms with Crippen LogP contribution < -0.4 is 10.9 Å². The topological polar surface area (TPSA) is 50.2 Å². The second-order valence-electron chi connectivity index (χ2n) is 5.63. The zero-order valence-corrected chi connectivity index (χ0v) is 11.9. The van der Waals surface area contributed by atoms with Gasteiger partial charge in [0, 0.05) is 19.2 Å². The fourth-order valence-electron chi connectivity index (χ4n) is 2.26. The molecule has 106 valence electrons. The summed E-state index contributed by atoms with van der Waals surface area (Å²) in [7, 11) is 0. The van der Waals surface area contributed by atoms with E-state index >= 15 is 0 Å². The molecule has 0 saturated carbocycles. The maximum absolute atomic E-state index is 11.9. The largest absolute Gasteiger partial charge is 0.383 e. The normalized spacial score (nSPS) is 16.2. The van der Waals surface area contributed by atoms with Gasteiger partial charge in [0.25, 0.3) is 5.56 Å². The van der Waals surface area contributed by atoms with Gasteiger partial charge in [-0.1, -0.05) is 13.8 Å². The Balaban J connectivity index is 1.89. The Hall–Kier alpha value is -1.36. The van der Waals surface area contributed by atoms with Gasteiger partial charge in [-0.2, -0.15) is 5.10 Å². The summed E-state index contributed by atoms with van der Waals surface area (Å²) in [6, 6.07) is 1.64. The molecule has 1 aromatic heterocycles. The fourth-order valence-corrected chi connectivity index (χ4v) is 2.26. The molecule has 1 aliphatic rings. The Morgan fingerprint density at radius 3 is 2.68 bits per heavy atom. The van der Waals surface area contributed by atoms with E-state index < -0.39 is 0 Å². The van der Waals surface area contributed by atoms with Gasteiger partial charge >= 0.3 is 0 Å². The minimum Gasteiger partial charge on any atom is -0.383 e. The Kier molecular flexibility index (Phi) is 4.96. The first-order valence-electron chi connectivity index (χ1n) is 7.18. The Morgan fingerprint density at radius 1 is 1.32 bits per heavy atom. The summed E-state index contributed by atoms with van der Waals surface area (Å²) in [5.74, 6) is 0.553. The summed E-state index contributed by atoms with van der Waals surface area (Å²) < 4.78 is 1.55. The average molecular weight is 264 g/mol. The highest BCUT2D eigenvalue weighted by Gasteiger charge is 2.11. The molecule has 1 saturated heterocycles. The fraction of sp³-hybridized carbons (Fsp3) is 0.714. The van der Waals surface area contributed by atoms with Crippen molar-refractivity contribution in [3.05, 3.63) is 22.6 Å². The standard InChI is InChI=1S/C14H24N4O/c1-12(2)10-15-13-9-14(19)18(16-11-13)8-7-17-5-3-4-6-17/h9,11-12,15H,3-8,10H2,1-2H3. The predicted molar refractivity (Wildman–Crippen MR) is 77.5 cm³/mol. The van der Waals surface area contributed by atoms with Crippen molar-refractivity contribution in [2.24, 2.45) is 5.92 Å². The van der Waals surface area contributed by atoms with Crippen molar-refractivity contribution in [2.45, 2.75) is 33.2 Å². The molecular weight excluding hydrogens is 240 g/mol. The van der Waals surface area contributed by atoms with Gasteiger partial charge in [0.05, 0.1) is 18.4 Å². The predicted octanol–water partition coefficient (Wildman–Crippen LogP) is 1.41. The molecule has 0 aliphatic carbocycles. The SMILES string of the molecule is CC(C)CNc1cnn(CCN2CCCC2)c(=O)c1. The molecule has 5 nitrogen and oxygen atoms in total. The van der Waals surface area contributed by atoms with Crippen LogP contribution in [0.25, 0.3) is 0 Å². The molecule has 0 radical (unpaired) electrons. The van der Waals surface area contributed by atoms with Crippen molar-refractivity contribution in [3.8, 4) is 0 Å². The van der Waals surface area contributed by atoms with Gasteiger partial charge in [-0.3, -0.25) is 4.79 Å². The van der Waals surface area contributed by atoms with Gasteiger partial charge in [-0.15, -0.1) is 0 Å². The Morgan fingerprint density at radius 2 is 2.05 bits per heavy atom. The second-order valence-corrected chi connectivity index (χ2v) is 5.63. The summed E-state index contributed by atoms with van der Waals surface area (Å²) in [5, 5.41) is 7.46. The first-order chi connectivity index (χ1) is 9.15. The molecule has 0 unspecified atom stereocenters. The Labute approximate surface area is 114 Å². The number of hydrogen-bond acceptors (Lipinski definition) is 4. The van der Waals surface area contributed by atoms with E-state index in [1.165, 1.54) is 12.8 Å². The number of likely N-dealkylation sites (tertiary alicyclic amines) is 1. The van der Waals surface area contributed by atoms with Crippen LogP contribution in [0.5, 0.6) is 0 Å². The zero-order valence-electron chi connectivity index (χ0n) is 11.9. The summed E-state index contributed by atoms with van der Waals surface area (Å²) in [5.41, 5.74) is 0.795. The van der Waals surface area contributed by atoms with Crippen molar-refractivity contribution < 1.29 is 0 Å². The van der Waals surface area contributed by atoms with E-state index in [-0.39, 0.29) is 5.56 Å². The van der Waals surface area contributed by atoms with Gasteiger partial charge in [0.1, 0.15) is 0 Å². The molecule has 0 aromatic carbocycles. The average Bonchev–Trinajstić information content (AvgIpc) is 2.88. The van der Waals surface area contributed by atoms with Crippen molar-refractivity contribution >= 4 is 5.69 Å². The highest BCUT2D eigenvalue weighted by molar-refractivity contribution is 5.38. The lowest BCUT2D eigenvalue weighted by Gasteiger charge is -2.15. The van der Waals surface area contributed by atoms with Crippen molar-refractivity contribution in [1.29, 1.82) is 0 Å². The van der Waals surface area contributed by atoms with Crippen LogP contribution in [0.2, 0.25) is 0 Å². The third kappa shape index (κ3) is 4.35. The van der Waals surface area contributed by atoms with Crippen molar-refractivity contribution in [2.75, 3.05) is 31.5 Å². The maximum atomic E-state index is 11.9. The van der Waals surface area contributed by atoms with E-state index in [9.17, 15) is 4.79 Å². The third-order valence-corrected chi connectivity index (χ3v) is 3.41. The van der Waals surface area contributed by atoms with Gasteiger partial charge in [-0.05, 0) is 31.8 Å². The molecule has 1 aromatic rings. The molecule has 5 heteroatoms. The summed E-state index contributed by atoms with van der Waals surface area (Å²) >= 11 is 0. The number of aromatic nitrogens is 2. The highest BCUT2D eigenvalue weighted by Crippen LogP contribution is 2.06. The molecule has 1 aliphatic heterocycles. The smallest absolute Gasteiger partial charge is 0.268 e. The Bertz CT molecular complexity index is 449. The monoisotopic (exact) mass is 264 g/mol. The van der Waals surface area contributed by atoms with Crippen LogP contribution in [0, 0.1) is 5.92 Å². The van der Waals surface area contributed by atoms with Gasteiger partial charge in [0.2, 0.25) is 0 Å². The van der Waals surface area contributed by atoms with Crippen LogP contribution in [-0.2, 0) is 6.54 Å². The van der Waals surface area contributed by atoms with E-state index in [1.54, 1.807) is 16.9 Å². The number of rotatable bonds is 6. The molecule has 0 amide bonds. The first-order valence-corrected chi connectivity index (χ1v) is 7.18. The minimum absolute atomic E-state index is 0.0204. The second kappa shape index (κ2) is 6.70. The lowest BCUT2D eigenvalue weighted by atomic mass is 10.2. The quantitative estimate of drug-likeness (QED) is 0.844. The van der Waals surface area contributed by atoms with Crippen LogP contribution in [0.1, 0.15) is 26.7 Å². The summed E-state index contributed by atoms with van der Waals surface area (Å²) in [6.45, 7) is 9.05. The highest BCUT2D eigenvalue weighted by atomic mass is 16.1. The van der Waals surface area contributed by atoms with Crippen LogP contribution in [0.3, 0.4) is 0 Å². The number of nitrogens with one attached hydrogen (secondary N) is 1. The molecule has 1 fully saturated rings. The summed E-state index contributed by atoms with van der Waals surface area (Å²) in [6.07, 6.45) is 4.30. The van der Waals surface area contributed by atoms with Crippen LogP contribution in [0.15, 0.2) is 17.1 Å². The minimum atomic E-state index is -0.0204. The van der Waals surface area contributed by atoms with E-state index in [1.807, 2.05) is 0 Å². The van der Waals surface area contributed by atoms with E-state index in [0.29, 0.717) is 12.5 Å². The van der Waals surface area contributed by atoms with Crippen molar-refractivity contribution in [3.63, 3.8) is 0 Å². The van der Waals surface area contributed by atoms with Crippen LogP contribution in [0.4, 0.5) is 5.69 Å². The molecular formula is C14H24N4O. The molecule has 1 N–H and O–H groups in total. The van der Waals surface area contributed by atoms with Gasteiger partial charge in [-0.25, -0.2) is 4.68 Å². The maximum Gasteiger partial charge on any atom is 0.268 e. The lowest BCUT2D eigenvalue weighted by Crippen LogP contribution is -2.30. The lowest BCUT2D eigenvalue weighted by molar-refractivity contribution is 0.312. The summed E-state index contributed by atoms with van der Waals surface area (Å²) in [4.78, 5) is 14.3. The van der Waals surface area contributed by atoms with E-state index in [2.05, 4.69) is 29.2 Å². The third-order valence-electron chi connectivity index (χ3n) is 3.41. The molecule has 2 heterocycles. The van der Waals surface area contributed by atoms with Crippen LogP contribution in [-0.4, -0.2) is 40.9 Å². The number of hydrogen-bond donors (Lipinski definition) is 1. The molecule has 2 rings (SSSR count). The number of anilines is 1. The molecule has 19 heavy (non-hydrogen) atoms. The molecule has 0 spiro atoms.